The number of nitrogens with two attached hydrogens (primary N) is 1. The van der Waals surface area contributed by atoms with Crippen LogP contribution in [0.2, 0.25) is 0 Å². The highest BCUT2D eigenvalue weighted by atomic mass is 31.3. The summed E-state index contributed by atoms with van der Waals surface area (Å²) in [7, 11) is -16.7. The molecule has 7 atom stereocenters. The van der Waals surface area contributed by atoms with Crippen molar-refractivity contribution in [1.29, 1.82) is 0 Å². The van der Waals surface area contributed by atoms with Gasteiger partial charge in [0.1, 0.15) is 12.0 Å². The number of phosphoric acid groups is 2. The summed E-state index contributed by atoms with van der Waals surface area (Å²) >= 11 is 0. The highest BCUT2D eigenvalue weighted by Crippen LogP contribution is 2.62. The second-order valence-electron chi connectivity index (χ2n) is 8.54. The van der Waals surface area contributed by atoms with Gasteiger partial charge in [0.05, 0.1) is 12.7 Å². The average Bonchev–Trinajstić information content (AvgIpc) is 2.84. The van der Waals surface area contributed by atoms with Crippen molar-refractivity contribution in [2.24, 2.45) is 11.8 Å². The van der Waals surface area contributed by atoms with E-state index in [-0.39, 0.29) is 17.7 Å². The Morgan fingerprint density at radius 1 is 1.15 bits per heavy atom. The first-order chi connectivity index (χ1) is 14.8. The van der Waals surface area contributed by atoms with Gasteiger partial charge in [-0.25, -0.2) is 9.11 Å². The number of hydrogen-bond acceptors (Lipinski definition) is 13. The van der Waals surface area contributed by atoms with E-state index in [1.54, 1.807) is 13.8 Å². The van der Waals surface area contributed by atoms with Gasteiger partial charge in [0.2, 0.25) is 7.75 Å². The summed E-state index contributed by atoms with van der Waals surface area (Å²) < 4.78 is 54.7. The van der Waals surface area contributed by atoms with Gasteiger partial charge in [-0.3, -0.25) is 27.7 Å². The van der Waals surface area contributed by atoms with E-state index in [0.717, 1.165) is 0 Å². The molecule has 0 spiro atoms. The number of rotatable bonds is 9. The summed E-state index contributed by atoms with van der Waals surface area (Å²) in [5, 5.41) is 1.89. The second kappa shape index (κ2) is 9.96. The van der Waals surface area contributed by atoms with E-state index in [9.17, 15) is 33.2 Å². The van der Waals surface area contributed by atoms with E-state index in [4.69, 9.17) is 10.5 Å². The van der Waals surface area contributed by atoms with Crippen LogP contribution >= 0.6 is 23.4 Å². The van der Waals surface area contributed by atoms with Gasteiger partial charge < -0.3 is 29.7 Å². The van der Waals surface area contributed by atoms with Crippen LogP contribution in [0.4, 0.5) is 5.82 Å². The van der Waals surface area contributed by atoms with Crippen molar-refractivity contribution in [3.63, 3.8) is 0 Å². The summed E-state index contributed by atoms with van der Waals surface area (Å²) in [4.78, 5) is 51.2. The molecule has 2 heterocycles. The third-order valence-corrected chi connectivity index (χ3v) is 9.25. The average molecular weight is 531 g/mol. The molecule has 18 heteroatoms. The van der Waals surface area contributed by atoms with Crippen LogP contribution in [-0.2, 0) is 31.6 Å². The Morgan fingerprint density at radius 3 is 2.30 bits per heavy atom. The van der Waals surface area contributed by atoms with Gasteiger partial charge in [0, 0.05) is 17.7 Å². The van der Waals surface area contributed by atoms with Crippen molar-refractivity contribution < 1.29 is 46.3 Å². The molecule has 0 aliphatic carbocycles. The van der Waals surface area contributed by atoms with E-state index in [0.29, 0.717) is 0 Å². The van der Waals surface area contributed by atoms with Crippen molar-refractivity contribution in [3.8, 4) is 0 Å². The molecule has 3 N–H and O–H groups in total. The number of nitrogens with zero attached hydrogens (tertiary/aromatic N) is 2. The molecule has 1 fully saturated rings. The van der Waals surface area contributed by atoms with Crippen LogP contribution in [0.5, 0.6) is 0 Å². The molecule has 2 rings (SSSR count). The lowest BCUT2D eigenvalue weighted by molar-refractivity contribution is -0.246. The molecule has 1 aromatic rings. The summed E-state index contributed by atoms with van der Waals surface area (Å²) in [6, 6.07) is 1.39. The minimum atomic E-state index is -5.88. The maximum Gasteiger partial charge on any atom is 0.351 e. The molecule has 0 bridgehead atoms. The molecule has 4 unspecified atom stereocenters. The van der Waals surface area contributed by atoms with E-state index < -0.39 is 53.6 Å². The Kier molecular flexibility index (Phi) is 8.54. The van der Waals surface area contributed by atoms with Crippen LogP contribution in [-0.4, -0.2) is 27.8 Å². The lowest BCUT2D eigenvalue weighted by Crippen LogP contribution is -2.37. The Hall–Kier alpha value is -0.950. The molecule has 1 aliphatic heterocycles. The molecular formula is C15H26N4O11P3-3. The topological polar surface area (TPSA) is 230 Å². The quantitative estimate of drug-likeness (QED) is 0.394. The highest BCUT2D eigenvalue weighted by Gasteiger charge is 2.41. The van der Waals surface area contributed by atoms with Gasteiger partial charge in [-0.2, -0.15) is 4.98 Å². The lowest BCUT2D eigenvalue weighted by Gasteiger charge is -2.37. The maximum absolute atomic E-state index is 12.1. The van der Waals surface area contributed by atoms with Gasteiger partial charge in [-0.1, -0.05) is 13.8 Å². The van der Waals surface area contributed by atoms with Crippen molar-refractivity contribution in [2.75, 3.05) is 12.3 Å². The molecule has 0 amide bonds. The normalized spacial score (nSPS) is 29.2. The number of ether oxygens (including phenoxy) is 1. The summed E-state index contributed by atoms with van der Waals surface area (Å²) in [5.41, 5.74) is 3.70. The number of anilines is 1. The number of aromatic nitrogens is 2. The third kappa shape index (κ3) is 8.34. The first-order valence-electron chi connectivity index (χ1n) is 9.61. The van der Waals surface area contributed by atoms with E-state index in [1.807, 2.05) is 5.09 Å². The van der Waals surface area contributed by atoms with Gasteiger partial charge in [-0.15, -0.1) is 0 Å². The van der Waals surface area contributed by atoms with Crippen LogP contribution in [0, 0.1) is 11.8 Å². The standard InChI is InChI=1S/C15H29N4O11P3/c1-9-10(2)13(19-7-6-12(16)17-14(19)20)28-11(9)8-27-32(23,24)30-33(25,26)29-31(21,22)18-15(3,4)5/h6-7,9-11,13H,8H2,1-5H3,(H,23,24)(H,25,26)(H2,16,17,20)(H2,18,21,22)/p-3/t9-,10?,11-,13-/m1/s1. The molecule has 0 saturated carbocycles. The number of phosphoric ester groups is 1. The van der Waals surface area contributed by atoms with E-state index in [2.05, 4.69) is 18.1 Å². The Labute approximate surface area is 190 Å². The van der Waals surface area contributed by atoms with Crippen LogP contribution in [0.3, 0.4) is 0 Å². The zero-order valence-corrected chi connectivity index (χ0v) is 21.2. The molecule has 1 aliphatic rings. The number of hydrogen-bond donors (Lipinski definition) is 2. The van der Waals surface area contributed by atoms with Crippen molar-refractivity contribution in [1.82, 2.24) is 14.6 Å². The number of nitrogens with one attached hydrogen (secondary N) is 1. The minimum Gasteiger partial charge on any atom is -0.766 e. The van der Waals surface area contributed by atoms with Crippen LogP contribution < -0.4 is 31.2 Å². The summed E-state index contributed by atoms with van der Waals surface area (Å²) in [6.45, 7) is 7.01. The molecule has 190 valence electrons. The van der Waals surface area contributed by atoms with Gasteiger partial charge >= 0.3 is 5.69 Å². The molecule has 1 saturated heterocycles. The Balaban J connectivity index is 2.03. The van der Waals surface area contributed by atoms with Gasteiger partial charge in [-0.05, 0) is 32.8 Å². The first-order valence-corrected chi connectivity index (χ1v) is 14.1. The zero-order chi connectivity index (χ0) is 25.4. The fourth-order valence-corrected chi connectivity index (χ4v) is 6.97. The molecule has 1 aromatic heterocycles. The van der Waals surface area contributed by atoms with Crippen LogP contribution in [0.15, 0.2) is 17.1 Å². The SMILES string of the molecule is CC1[C@@H](C)[C@@H](COP(=O)([O-])OP(=O)([O-])OP(=O)([O-])NC(C)(C)C)O[C@H]1n1ccc(N)nc1=O. The van der Waals surface area contributed by atoms with E-state index >= 15 is 0 Å². The molecule has 0 radical (unpaired) electrons. The van der Waals surface area contributed by atoms with Gasteiger partial charge in [0.15, 0.2) is 0 Å². The fourth-order valence-electron chi connectivity index (χ4n) is 3.04. The van der Waals surface area contributed by atoms with Crippen LogP contribution in [0.1, 0.15) is 40.8 Å². The minimum absolute atomic E-state index is 0.0175. The van der Waals surface area contributed by atoms with Crippen molar-refractivity contribution >= 4 is 29.2 Å². The summed E-state index contributed by atoms with van der Waals surface area (Å²) in [6.07, 6.45) is -0.327. The van der Waals surface area contributed by atoms with Gasteiger partial charge in [0.25, 0.3) is 15.6 Å². The Morgan fingerprint density at radius 2 is 1.76 bits per heavy atom. The van der Waals surface area contributed by atoms with Crippen molar-refractivity contribution in [2.45, 2.75) is 52.5 Å². The highest BCUT2D eigenvalue weighted by molar-refractivity contribution is 7.66. The van der Waals surface area contributed by atoms with Crippen molar-refractivity contribution in [3.05, 3.63) is 22.7 Å². The lowest BCUT2D eigenvalue weighted by atomic mass is 9.93. The Bertz CT molecular complexity index is 1060. The molecule has 0 aromatic carbocycles. The third-order valence-electron chi connectivity index (χ3n) is 4.58. The fraction of sp³-hybridized carbons (Fsp3) is 0.733. The first kappa shape index (κ1) is 28.3. The largest absolute Gasteiger partial charge is 0.766 e. The van der Waals surface area contributed by atoms with E-state index in [1.165, 1.54) is 37.6 Å². The predicted octanol–water partition coefficient (Wildman–Crippen LogP) is -0.162. The smallest absolute Gasteiger partial charge is 0.351 e. The molecule has 15 nitrogen and oxygen atoms in total. The molecular weight excluding hydrogens is 505 g/mol. The van der Waals surface area contributed by atoms with Crippen LogP contribution in [0.25, 0.3) is 0 Å². The number of nitrogen functional groups attached to an aromatic ring is 1. The zero-order valence-electron chi connectivity index (χ0n) is 18.5. The maximum atomic E-state index is 12.1. The predicted molar refractivity (Wildman–Crippen MR) is 109 cm³/mol. The summed E-state index contributed by atoms with van der Waals surface area (Å²) in [5.74, 6) is -0.617. The monoisotopic (exact) mass is 531 g/mol. The second-order valence-corrected chi connectivity index (χ2v) is 13.1. The molecule has 33 heavy (non-hydrogen) atoms.